The Hall–Kier alpha value is -1.22. The lowest BCUT2D eigenvalue weighted by Gasteiger charge is -2.38. The van der Waals surface area contributed by atoms with Crippen molar-refractivity contribution in [3.05, 3.63) is 23.8 Å². The van der Waals surface area contributed by atoms with Crippen LogP contribution in [-0.2, 0) is 0 Å². The maximum absolute atomic E-state index is 6.03. The molecule has 0 bridgehead atoms. The molecule has 2 N–H and O–H groups in total. The number of nitrogens with zero attached hydrogens (tertiary/aromatic N) is 2. The van der Waals surface area contributed by atoms with Crippen molar-refractivity contribution < 1.29 is 0 Å². The Morgan fingerprint density at radius 1 is 1.33 bits per heavy atom. The number of nitrogens with two attached hydrogens (primary N) is 1. The van der Waals surface area contributed by atoms with Gasteiger partial charge in [-0.05, 0) is 44.4 Å². The molecule has 2 atom stereocenters. The van der Waals surface area contributed by atoms with Gasteiger partial charge in [-0.2, -0.15) is 0 Å². The summed E-state index contributed by atoms with van der Waals surface area (Å²) in [5.41, 5.74) is 9.98. The van der Waals surface area contributed by atoms with Crippen LogP contribution < -0.4 is 15.5 Å². The molecule has 0 radical (unpaired) electrons. The van der Waals surface area contributed by atoms with Crippen LogP contribution >= 0.6 is 0 Å². The molecule has 3 heteroatoms. The van der Waals surface area contributed by atoms with Gasteiger partial charge in [0.05, 0.1) is 0 Å². The Kier molecular flexibility index (Phi) is 3.81. The second kappa shape index (κ2) is 5.19. The van der Waals surface area contributed by atoms with E-state index in [4.69, 9.17) is 5.73 Å². The minimum atomic E-state index is 0.370. The molecule has 0 spiro atoms. The number of hydrogen-bond donors (Lipinski definition) is 1. The van der Waals surface area contributed by atoms with E-state index < -0.39 is 0 Å². The van der Waals surface area contributed by atoms with Gasteiger partial charge in [0, 0.05) is 44.1 Å². The third-order valence-corrected chi connectivity index (χ3v) is 3.92. The fraction of sp³-hybridized carbons (Fsp3) is 0.600. The van der Waals surface area contributed by atoms with E-state index >= 15 is 0 Å². The quantitative estimate of drug-likeness (QED) is 0.871. The molecule has 0 aromatic heterocycles. The van der Waals surface area contributed by atoms with Crippen molar-refractivity contribution in [1.29, 1.82) is 0 Å². The normalized spacial score (nSPS) is 24.2. The van der Waals surface area contributed by atoms with Crippen LogP contribution in [0.4, 0.5) is 11.4 Å². The maximum Gasteiger partial charge on any atom is 0.0411 e. The predicted octanol–water partition coefficient (Wildman–Crippen LogP) is 2.38. The molecule has 3 nitrogen and oxygen atoms in total. The second-order valence-electron chi connectivity index (χ2n) is 5.69. The molecule has 1 aliphatic heterocycles. The van der Waals surface area contributed by atoms with Gasteiger partial charge in [0.1, 0.15) is 0 Å². The highest BCUT2D eigenvalue weighted by atomic mass is 15.2. The molecule has 1 saturated heterocycles. The fourth-order valence-electron chi connectivity index (χ4n) is 2.85. The van der Waals surface area contributed by atoms with Crippen LogP contribution in [0.2, 0.25) is 0 Å². The summed E-state index contributed by atoms with van der Waals surface area (Å²) in [4.78, 5) is 4.66. The molecule has 0 saturated carbocycles. The minimum absolute atomic E-state index is 0.370. The van der Waals surface area contributed by atoms with Crippen LogP contribution in [-0.4, -0.2) is 32.7 Å². The standard InChI is InChI=1S/C15H25N3/c1-11-5-6-14(10-15(11)17(3)4)18-8-7-13(16)9-12(18)2/h5-6,10,12-13H,7-9,16H2,1-4H3. The van der Waals surface area contributed by atoms with Crippen LogP contribution in [0.1, 0.15) is 25.3 Å². The molecule has 1 heterocycles. The molecular formula is C15H25N3. The summed E-state index contributed by atoms with van der Waals surface area (Å²) in [6.07, 6.45) is 2.18. The molecule has 1 aliphatic rings. The smallest absolute Gasteiger partial charge is 0.0411 e. The summed E-state index contributed by atoms with van der Waals surface area (Å²) < 4.78 is 0. The largest absolute Gasteiger partial charge is 0.377 e. The topological polar surface area (TPSA) is 32.5 Å². The molecule has 18 heavy (non-hydrogen) atoms. The van der Waals surface area contributed by atoms with Crippen molar-refractivity contribution in [3.63, 3.8) is 0 Å². The van der Waals surface area contributed by atoms with Crippen molar-refractivity contribution in [2.45, 2.75) is 38.8 Å². The molecule has 2 rings (SSSR count). The third kappa shape index (κ3) is 2.61. The lowest BCUT2D eigenvalue weighted by atomic mass is 9.98. The van der Waals surface area contributed by atoms with Gasteiger partial charge >= 0.3 is 0 Å². The Bertz CT molecular complexity index is 414. The van der Waals surface area contributed by atoms with Crippen LogP contribution in [0.15, 0.2) is 18.2 Å². The van der Waals surface area contributed by atoms with Crippen LogP contribution in [0, 0.1) is 6.92 Å². The van der Waals surface area contributed by atoms with E-state index in [2.05, 4.69) is 55.9 Å². The minimum Gasteiger partial charge on any atom is -0.377 e. The molecular weight excluding hydrogens is 222 g/mol. The van der Waals surface area contributed by atoms with Crippen molar-refractivity contribution in [2.24, 2.45) is 5.73 Å². The van der Waals surface area contributed by atoms with Gasteiger partial charge in [-0.15, -0.1) is 0 Å². The lowest BCUT2D eigenvalue weighted by Crippen LogP contribution is -2.45. The Morgan fingerprint density at radius 2 is 2.06 bits per heavy atom. The lowest BCUT2D eigenvalue weighted by molar-refractivity contribution is 0.430. The van der Waals surface area contributed by atoms with Gasteiger partial charge in [-0.25, -0.2) is 0 Å². The fourth-order valence-corrected chi connectivity index (χ4v) is 2.85. The second-order valence-corrected chi connectivity index (χ2v) is 5.69. The Morgan fingerprint density at radius 3 is 2.67 bits per heavy atom. The molecule has 1 fully saturated rings. The van der Waals surface area contributed by atoms with E-state index in [-0.39, 0.29) is 0 Å². The van der Waals surface area contributed by atoms with Crippen molar-refractivity contribution >= 4 is 11.4 Å². The van der Waals surface area contributed by atoms with Crippen molar-refractivity contribution in [3.8, 4) is 0 Å². The van der Waals surface area contributed by atoms with Gasteiger partial charge < -0.3 is 15.5 Å². The highest BCUT2D eigenvalue weighted by molar-refractivity contribution is 5.63. The molecule has 1 aromatic rings. The molecule has 100 valence electrons. The first kappa shape index (κ1) is 13.2. The summed E-state index contributed by atoms with van der Waals surface area (Å²) in [5.74, 6) is 0. The van der Waals surface area contributed by atoms with E-state index in [0.717, 1.165) is 19.4 Å². The van der Waals surface area contributed by atoms with Gasteiger partial charge in [-0.1, -0.05) is 6.07 Å². The van der Waals surface area contributed by atoms with E-state index in [1.165, 1.54) is 16.9 Å². The zero-order valence-corrected chi connectivity index (χ0v) is 12.0. The molecule has 0 amide bonds. The van der Waals surface area contributed by atoms with Crippen LogP contribution in [0.3, 0.4) is 0 Å². The maximum atomic E-state index is 6.03. The first-order chi connectivity index (χ1) is 8.49. The number of hydrogen-bond acceptors (Lipinski definition) is 3. The van der Waals surface area contributed by atoms with Gasteiger partial charge in [0.15, 0.2) is 0 Å². The number of aryl methyl sites for hydroxylation is 1. The number of rotatable bonds is 2. The average Bonchev–Trinajstić information content (AvgIpc) is 2.30. The van der Waals surface area contributed by atoms with Crippen LogP contribution in [0.25, 0.3) is 0 Å². The van der Waals surface area contributed by atoms with Gasteiger partial charge in [-0.3, -0.25) is 0 Å². The van der Waals surface area contributed by atoms with Gasteiger partial charge in [0.2, 0.25) is 0 Å². The summed E-state index contributed by atoms with van der Waals surface area (Å²) in [6, 6.07) is 7.64. The summed E-state index contributed by atoms with van der Waals surface area (Å²) >= 11 is 0. The first-order valence-electron chi connectivity index (χ1n) is 6.79. The zero-order valence-electron chi connectivity index (χ0n) is 12.0. The zero-order chi connectivity index (χ0) is 13.3. The number of benzene rings is 1. The first-order valence-corrected chi connectivity index (χ1v) is 6.79. The molecule has 0 aliphatic carbocycles. The molecule has 1 aromatic carbocycles. The van der Waals surface area contributed by atoms with E-state index in [1.807, 2.05) is 0 Å². The monoisotopic (exact) mass is 247 g/mol. The number of anilines is 2. The third-order valence-electron chi connectivity index (χ3n) is 3.92. The molecule has 2 unspecified atom stereocenters. The van der Waals surface area contributed by atoms with E-state index in [1.54, 1.807) is 0 Å². The predicted molar refractivity (Wildman–Crippen MR) is 79.5 cm³/mol. The van der Waals surface area contributed by atoms with E-state index in [9.17, 15) is 0 Å². The van der Waals surface area contributed by atoms with Gasteiger partial charge in [0.25, 0.3) is 0 Å². The highest BCUT2D eigenvalue weighted by Crippen LogP contribution is 2.29. The summed E-state index contributed by atoms with van der Waals surface area (Å²) in [5, 5.41) is 0. The summed E-state index contributed by atoms with van der Waals surface area (Å²) in [7, 11) is 4.20. The average molecular weight is 247 g/mol. The Balaban J connectivity index is 2.25. The summed E-state index contributed by atoms with van der Waals surface area (Å²) in [6.45, 7) is 5.50. The van der Waals surface area contributed by atoms with Crippen LogP contribution in [0.5, 0.6) is 0 Å². The Labute approximate surface area is 111 Å². The van der Waals surface area contributed by atoms with Crippen molar-refractivity contribution in [1.82, 2.24) is 0 Å². The van der Waals surface area contributed by atoms with Crippen molar-refractivity contribution in [2.75, 3.05) is 30.4 Å². The SMILES string of the molecule is Cc1ccc(N2CCC(N)CC2C)cc1N(C)C. The van der Waals surface area contributed by atoms with E-state index in [0.29, 0.717) is 12.1 Å². The number of piperidine rings is 1. The highest BCUT2D eigenvalue weighted by Gasteiger charge is 2.23.